The van der Waals surface area contributed by atoms with E-state index in [2.05, 4.69) is 4.98 Å². The van der Waals surface area contributed by atoms with Crippen molar-refractivity contribution in [3.8, 4) is 0 Å². The normalized spacial score (nSPS) is 10.6. The van der Waals surface area contributed by atoms with Crippen LogP contribution in [0.4, 0.5) is 0 Å². The lowest BCUT2D eigenvalue weighted by atomic mass is 10.6. The molecule has 2 aromatic rings. The van der Waals surface area contributed by atoms with Crippen molar-refractivity contribution in [1.29, 1.82) is 0 Å². The maximum absolute atomic E-state index is 10.7. The van der Waals surface area contributed by atoms with Gasteiger partial charge in [-0.05, 0) is 6.07 Å². The SMILES string of the molecule is O=c1cnc2ccn(I)c2o1. The molecule has 0 aliphatic carbocycles. The van der Waals surface area contributed by atoms with Gasteiger partial charge in [0.1, 0.15) is 11.7 Å². The molecule has 0 aliphatic rings. The zero-order chi connectivity index (χ0) is 7.84. The van der Waals surface area contributed by atoms with E-state index in [0.29, 0.717) is 11.2 Å². The first-order valence-electron chi connectivity index (χ1n) is 2.91. The summed E-state index contributed by atoms with van der Waals surface area (Å²) in [4.78, 5) is 14.6. The molecule has 11 heavy (non-hydrogen) atoms. The molecule has 0 bridgehead atoms. The zero-order valence-electron chi connectivity index (χ0n) is 5.32. The molecule has 0 saturated heterocycles. The maximum atomic E-state index is 10.7. The Morgan fingerprint density at radius 1 is 1.64 bits per heavy atom. The lowest BCUT2D eigenvalue weighted by Gasteiger charge is -1.88. The van der Waals surface area contributed by atoms with Crippen LogP contribution in [0, 0.1) is 0 Å². The van der Waals surface area contributed by atoms with Crippen molar-refractivity contribution >= 4 is 34.1 Å². The molecule has 0 amide bonds. The largest absolute Gasteiger partial charge is 0.402 e. The Hall–Kier alpha value is -0.850. The minimum atomic E-state index is -0.422. The van der Waals surface area contributed by atoms with Crippen molar-refractivity contribution < 1.29 is 4.42 Å². The Morgan fingerprint density at radius 3 is 3.27 bits per heavy atom. The van der Waals surface area contributed by atoms with Crippen molar-refractivity contribution in [3.05, 3.63) is 28.9 Å². The van der Waals surface area contributed by atoms with E-state index in [4.69, 9.17) is 4.42 Å². The van der Waals surface area contributed by atoms with Crippen molar-refractivity contribution in [2.24, 2.45) is 0 Å². The van der Waals surface area contributed by atoms with Crippen LogP contribution in [-0.2, 0) is 0 Å². The summed E-state index contributed by atoms with van der Waals surface area (Å²) >= 11 is 2.01. The quantitative estimate of drug-likeness (QED) is 0.670. The molecule has 5 heteroatoms. The van der Waals surface area contributed by atoms with Crippen LogP contribution in [-0.4, -0.2) is 7.76 Å². The van der Waals surface area contributed by atoms with Gasteiger partial charge in [0, 0.05) is 6.20 Å². The molecule has 0 aromatic carbocycles. The second kappa shape index (κ2) is 2.33. The van der Waals surface area contributed by atoms with Crippen LogP contribution in [0.5, 0.6) is 0 Å². The second-order valence-electron chi connectivity index (χ2n) is 2.00. The van der Waals surface area contributed by atoms with Gasteiger partial charge in [0.05, 0.1) is 22.9 Å². The molecular formula is C6H3IN2O2. The van der Waals surface area contributed by atoms with Crippen molar-refractivity contribution in [3.63, 3.8) is 0 Å². The molecule has 0 N–H and O–H groups in total. The fraction of sp³-hybridized carbons (Fsp3) is 0. The molecule has 56 valence electrons. The molecule has 0 aliphatic heterocycles. The molecular weight excluding hydrogens is 259 g/mol. The van der Waals surface area contributed by atoms with E-state index in [1.807, 2.05) is 22.9 Å². The highest BCUT2D eigenvalue weighted by Gasteiger charge is 2.01. The Morgan fingerprint density at radius 2 is 2.45 bits per heavy atom. The number of hydrogen-bond donors (Lipinski definition) is 0. The van der Waals surface area contributed by atoms with Crippen LogP contribution < -0.4 is 5.63 Å². The van der Waals surface area contributed by atoms with Crippen LogP contribution >= 0.6 is 22.9 Å². The van der Waals surface area contributed by atoms with E-state index in [1.54, 1.807) is 15.0 Å². The molecule has 4 nitrogen and oxygen atoms in total. The summed E-state index contributed by atoms with van der Waals surface area (Å²) in [5.41, 5.74) is 0.770. The van der Waals surface area contributed by atoms with Crippen LogP contribution in [0.25, 0.3) is 11.2 Å². The summed E-state index contributed by atoms with van der Waals surface area (Å²) in [6.07, 6.45) is 2.94. The predicted octanol–water partition coefficient (Wildman–Crippen LogP) is 1.19. The number of hydrogen-bond acceptors (Lipinski definition) is 3. The van der Waals surface area contributed by atoms with Crippen LogP contribution in [0.1, 0.15) is 0 Å². The standard InChI is InChI=1S/C6H3IN2O2/c7-9-2-1-4-6(9)11-5(10)3-8-4/h1-3H. The number of aromatic nitrogens is 2. The first-order chi connectivity index (χ1) is 5.27. The first-order valence-corrected chi connectivity index (χ1v) is 3.87. The third-order valence-electron chi connectivity index (χ3n) is 1.28. The first kappa shape index (κ1) is 6.84. The molecule has 0 radical (unpaired) electrons. The van der Waals surface area contributed by atoms with E-state index in [9.17, 15) is 4.79 Å². The van der Waals surface area contributed by atoms with Gasteiger partial charge in [-0.3, -0.25) is 2.78 Å². The zero-order valence-corrected chi connectivity index (χ0v) is 7.48. The third-order valence-corrected chi connectivity index (χ3v) is 2.04. The molecule has 2 heterocycles. The molecule has 2 aromatic heterocycles. The van der Waals surface area contributed by atoms with Crippen molar-refractivity contribution in [1.82, 2.24) is 7.76 Å². The highest BCUT2D eigenvalue weighted by atomic mass is 127. The monoisotopic (exact) mass is 262 g/mol. The minimum Gasteiger partial charge on any atom is -0.402 e. The molecule has 0 atom stereocenters. The number of halogens is 1. The van der Waals surface area contributed by atoms with E-state index < -0.39 is 5.63 Å². The smallest absolute Gasteiger partial charge is 0.356 e. The molecule has 0 saturated carbocycles. The molecule has 2 rings (SSSR count). The lowest BCUT2D eigenvalue weighted by molar-refractivity contribution is 0.544. The maximum Gasteiger partial charge on any atom is 0.356 e. The van der Waals surface area contributed by atoms with E-state index in [0.717, 1.165) is 0 Å². The lowest BCUT2D eigenvalue weighted by Crippen LogP contribution is -1.97. The minimum absolute atomic E-state index is 0.422. The van der Waals surface area contributed by atoms with E-state index >= 15 is 0 Å². The molecule has 0 spiro atoms. The van der Waals surface area contributed by atoms with Crippen LogP contribution in [0.2, 0.25) is 0 Å². The fourth-order valence-electron chi connectivity index (χ4n) is 0.822. The number of fused-ring (bicyclic) bond motifs is 1. The molecule has 0 fully saturated rings. The van der Waals surface area contributed by atoms with Crippen LogP contribution in [0.3, 0.4) is 0 Å². The van der Waals surface area contributed by atoms with Gasteiger partial charge >= 0.3 is 5.63 Å². The van der Waals surface area contributed by atoms with Gasteiger partial charge in [-0.1, -0.05) is 0 Å². The summed E-state index contributed by atoms with van der Waals surface area (Å²) in [6, 6.07) is 1.78. The average Bonchev–Trinajstić information content (AvgIpc) is 2.33. The van der Waals surface area contributed by atoms with Gasteiger partial charge in [-0.15, -0.1) is 0 Å². The van der Waals surface area contributed by atoms with Crippen molar-refractivity contribution in [2.45, 2.75) is 0 Å². The summed E-state index contributed by atoms with van der Waals surface area (Å²) in [5, 5.41) is 0. The third kappa shape index (κ3) is 1.05. The van der Waals surface area contributed by atoms with Gasteiger partial charge in [0.25, 0.3) is 0 Å². The highest BCUT2D eigenvalue weighted by molar-refractivity contribution is 14.1. The summed E-state index contributed by atoms with van der Waals surface area (Å²) in [5.74, 6) is 0. The summed E-state index contributed by atoms with van der Waals surface area (Å²) < 4.78 is 6.55. The number of nitrogens with zero attached hydrogens (tertiary/aromatic N) is 2. The van der Waals surface area contributed by atoms with E-state index in [-0.39, 0.29) is 0 Å². The summed E-state index contributed by atoms with van der Waals surface area (Å²) in [6.45, 7) is 0. The Balaban J connectivity index is 2.98. The second-order valence-corrected chi connectivity index (χ2v) is 3.04. The average molecular weight is 262 g/mol. The van der Waals surface area contributed by atoms with Gasteiger partial charge in [0.15, 0.2) is 0 Å². The Kier molecular flexibility index (Phi) is 1.45. The van der Waals surface area contributed by atoms with Crippen molar-refractivity contribution in [2.75, 3.05) is 0 Å². The Bertz CT molecular complexity index is 445. The van der Waals surface area contributed by atoms with E-state index in [1.165, 1.54) is 6.20 Å². The fourth-order valence-corrected chi connectivity index (χ4v) is 1.33. The Labute approximate surface area is 75.3 Å². The van der Waals surface area contributed by atoms with Gasteiger partial charge in [0.2, 0.25) is 5.71 Å². The van der Waals surface area contributed by atoms with Gasteiger partial charge < -0.3 is 4.42 Å². The summed E-state index contributed by atoms with van der Waals surface area (Å²) in [7, 11) is 0. The molecule has 0 unspecified atom stereocenters. The highest BCUT2D eigenvalue weighted by Crippen LogP contribution is 2.12. The predicted molar refractivity (Wildman–Crippen MR) is 47.7 cm³/mol. The number of rotatable bonds is 0. The van der Waals surface area contributed by atoms with Crippen LogP contribution in [0.15, 0.2) is 27.7 Å². The van der Waals surface area contributed by atoms with Gasteiger partial charge in [-0.25, -0.2) is 9.78 Å². The van der Waals surface area contributed by atoms with Gasteiger partial charge in [-0.2, -0.15) is 0 Å². The topological polar surface area (TPSA) is 48.0 Å².